The summed E-state index contributed by atoms with van der Waals surface area (Å²) in [7, 11) is 2.18. The molecule has 5 rings (SSSR count). The minimum absolute atomic E-state index is 0.575. The third-order valence-electron chi connectivity index (χ3n) is 5.83. The van der Waals surface area contributed by atoms with Gasteiger partial charge in [-0.3, -0.25) is 0 Å². The molecule has 5 nitrogen and oxygen atoms in total. The summed E-state index contributed by atoms with van der Waals surface area (Å²) in [6.45, 7) is 3.07. The second-order valence-electron chi connectivity index (χ2n) is 8.29. The van der Waals surface area contributed by atoms with Crippen LogP contribution in [0.5, 0.6) is 17.2 Å². The molecule has 164 valence electrons. The van der Waals surface area contributed by atoms with E-state index in [-0.39, 0.29) is 0 Å². The van der Waals surface area contributed by atoms with Crippen LogP contribution in [-0.2, 0) is 0 Å². The van der Waals surface area contributed by atoms with Crippen LogP contribution in [0.2, 0.25) is 5.02 Å². The number of likely N-dealkylation sites (tertiary alicyclic amines) is 1. The number of oxazole rings is 1. The van der Waals surface area contributed by atoms with Crippen molar-refractivity contribution in [3.05, 3.63) is 71.8 Å². The Morgan fingerprint density at radius 2 is 1.62 bits per heavy atom. The molecule has 0 saturated carbocycles. The summed E-state index contributed by atoms with van der Waals surface area (Å²) < 4.78 is 17.9. The molecule has 2 heterocycles. The summed E-state index contributed by atoms with van der Waals surface area (Å²) in [4.78, 5) is 6.99. The molecular formula is C26H25ClN2O3. The SMILES string of the molecule is CN1CCC(COc2ccc(-c3nc4ccc(Oc5ccc(Cl)cc5)cc4o3)cc2)CC1. The zero-order valence-corrected chi connectivity index (χ0v) is 18.7. The molecule has 1 fully saturated rings. The minimum atomic E-state index is 0.575. The Hall–Kier alpha value is -3.02. The highest BCUT2D eigenvalue weighted by Crippen LogP contribution is 2.30. The van der Waals surface area contributed by atoms with Crippen molar-refractivity contribution in [2.75, 3.05) is 26.7 Å². The van der Waals surface area contributed by atoms with Gasteiger partial charge in [-0.15, -0.1) is 0 Å². The summed E-state index contributed by atoms with van der Waals surface area (Å²) in [5, 5.41) is 0.672. The first-order chi connectivity index (χ1) is 15.6. The van der Waals surface area contributed by atoms with Gasteiger partial charge in [-0.05, 0) is 99.6 Å². The number of piperidine rings is 1. The highest BCUT2D eigenvalue weighted by atomic mass is 35.5. The van der Waals surface area contributed by atoms with Crippen LogP contribution in [0.1, 0.15) is 12.8 Å². The summed E-state index contributed by atoms with van der Waals surface area (Å²) in [5.41, 5.74) is 2.37. The van der Waals surface area contributed by atoms with Crippen LogP contribution >= 0.6 is 11.6 Å². The maximum atomic E-state index is 6.02. The van der Waals surface area contributed by atoms with E-state index in [0.29, 0.717) is 33.9 Å². The van der Waals surface area contributed by atoms with Crippen LogP contribution < -0.4 is 9.47 Å². The second kappa shape index (κ2) is 9.23. The Morgan fingerprint density at radius 3 is 2.38 bits per heavy atom. The van der Waals surface area contributed by atoms with Crippen molar-refractivity contribution in [2.45, 2.75) is 12.8 Å². The van der Waals surface area contributed by atoms with Gasteiger partial charge >= 0.3 is 0 Å². The molecule has 1 aliphatic rings. The van der Waals surface area contributed by atoms with E-state index < -0.39 is 0 Å². The number of fused-ring (bicyclic) bond motifs is 1. The molecule has 4 aromatic rings. The zero-order valence-electron chi connectivity index (χ0n) is 18.0. The zero-order chi connectivity index (χ0) is 21.9. The third-order valence-corrected chi connectivity index (χ3v) is 6.09. The molecule has 0 amide bonds. The Labute approximate surface area is 192 Å². The lowest BCUT2D eigenvalue weighted by Crippen LogP contribution is -2.32. The number of aromatic nitrogens is 1. The molecule has 0 aliphatic carbocycles. The molecule has 0 atom stereocenters. The van der Waals surface area contributed by atoms with Crippen molar-refractivity contribution in [3.63, 3.8) is 0 Å². The van der Waals surface area contributed by atoms with E-state index in [1.807, 2.05) is 54.6 Å². The van der Waals surface area contributed by atoms with E-state index in [1.54, 1.807) is 12.1 Å². The standard InChI is InChI=1S/C26H25ClN2O3/c1-29-14-12-18(13-15-29)17-30-21-6-2-19(3-7-21)26-28-24-11-10-23(16-25(24)32-26)31-22-8-4-20(27)5-9-22/h2-11,16,18H,12-15,17H2,1H3. The monoisotopic (exact) mass is 448 g/mol. The molecule has 0 N–H and O–H groups in total. The van der Waals surface area contributed by atoms with E-state index in [2.05, 4.69) is 16.9 Å². The average Bonchev–Trinajstić information content (AvgIpc) is 3.24. The summed E-state index contributed by atoms with van der Waals surface area (Å²) in [5.74, 6) is 3.48. The smallest absolute Gasteiger partial charge is 0.227 e. The van der Waals surface area contributed by atoms with Gasteiger partial charge in [0.15, 0.2) is 5.58 Å². The van der Waals surface area contributed by atoms with Crippen LogP contribution in [0.25, 0.3) is 22.6 Å². The summed E-state index contributed by atoms with van der Waals surface area (Å²) in [6, 6.07) is 20.8. The largest absolute Gasteiger partial charge is 0.493 e. The fraction of sp³-hybridized carbons (Fsp3) is 0.269. The molecule has 0 unspecified atom stereocenters. The van der Waals surface area contributed by atoms with Crippen LogP contribution in [0.3, 0.4) is 0 Å². The molecule has 0 radical (unpaired) electrons. The van der Waals surface area contributed by atoms with Crippen LogP contribution in [0, 0.1) is 5.92 Å². The fourth-order valence-corrected chi connectivity index (χ4v) is 3.99. The quantitative estimate of drug-likeness (QED) is 0.330. The van der Waals surface area contributed by atoms with E-state index >= 15 is 0 Å². The Balaban J connectivity index is 1.25. The number of benzene rings is 3. The summed E-state index contributed by atoms with van der Waals surface area (Å²) in [6.07, 6.45) is 2.39. The number of rotatable bonds is 6. The van der Waals surface area contributed by atoms with E-state index in [1.165, 1.54) is 12.8 Å². The maximum absolute atomic E-state index is 6.02. The van der Waals surface area contributed by atoms with E-state index in [0.717, 1.165) is 36.5 Å². The van der Waals surface area contributed by atoms with Crippen molar-refractivity contribution in [2.24, 2.45) is 5.92 Å². The van der Waals surface area contributed by atoms with Gasteiger partial charge in [0.25, 0.3) is 0 Å². The molecule has 0 spiro atoms. The van der Waals surface area contributed by atoms with E-state index in [9.17, 15) is 0 Å². The Morgan fingerprint density at radius 1 is 0.938 bits per heavy atom. The van der Waals surface area contributed by atoms with Gasteiger partial charge in [-0.2, -0.15) is 0 Å². The first kappa shape index (κ1) is 20.9. The molecular weight excluding hydrogens is 424 g/mol. The maximum Gasteiger partial charge on any atom is 0.227 e. The van der Waals surface area contributed by atoms with Crippen LogP contribution in [0.15, 0.2) is 71.1 Å². The van der Waals surface area contributed by atoms with Gasteiger partial charge in [-0.1, -0.05) is 11.6 Å². The number of nitrogens with zero attached hydrogens (tertiary/aromatic N) is 2. The van der Waals surface area contributed by atoms with Crippen LogP contribution in [-0.4, -0.2) is 36.6 Å². The number of hydrogen-bond donors (Lipinski definition) is 0. The van der Waals surface area contributed by atoms with Gasteiger partial charge in [0.05, 0.1) is 6.61 Å². The Bertz CT molecular complexity index is 1180. The first-order valence-corrected chi connectivity index (χ1v) is 11.3. The predicted octanol–water partition coefficient (Wildman–Crippen LogP) is 6.66. The third kappa shape index (κ3) is 4.90. The van der Waals surface area contributed by atoms with Crippen molar-refractivity contribution < 1.29 is 13.9 Å². The molecule has 0 bridgehead atoms. The van der Waals surface area contributed by atoms with Crippen molar-refractivity contribution in [1.82, 2.24) is 9.88 Å². The predicted molar refractivity (Wildman–Crippen MR) is 127 cm³/mol. The molecule has 1 aromatic heterocycles. The highest BCUT2D eigenvalue weighted by Gasteiger charge is 2.17. The number of halogens is 1. The summed E-state index contributed by atoms with van der Waals surface area (Å²) >= 11 is 5.93. The molecule has 1 aliphatic heterocycles. The molecule has 3 aromatic carbocycles. The molecule has 6 heteroatoms. The van der Waals surface area contributed by atoms with Gasteiger partial charge < -0.3 is 18.8 Å². The lowest BCUT2D eigenvalue weighted by molar-refractivity contribution is 0.160. The van der Waals surface area contributed by atoms with Gasteiger partial charge in [0.2, 0.25) is 5.89 Å². The Kier molecular flexibility index (Phi) is 6.02. The molecule has 32 heavy (non-hydrogen) atoms. The highest BCUT2D eigenvalue weighted by molar-refractivity contribution is 6.30. The minimum Gasteiger partial charge on any atom is -0.493 e. The average molecular weight is 449 g/mol. The normalized spacial score (nSPS) is 15.2. The van der Waals surface area contributed by atoms with Crippen molar-refractivity contribution >= 4 is 22.7 Å². The van der Waals surface area contributed by atoms with Crippen LogP contribution in [0.4, 0.5) is 0 Å². The lowest BCUT2D eigenvalue weighted by atomic mass is 9.98. The number of ether oxygens (including phenoxy) is 2. The van der Waals surface area contributed by atoms with Gasteiger partial charge in [-0.25, -0.2) is 4.98 Å². The van der Waals surface area contributed by atoms with Gasteiger partial charge in [0, 0.05) is 16.7 Å². The lowest BCUT2D eigenvalue weighted by Gasteiger charge is -2.28. The number of hydrogen-bond acceptors (Lipinski definition) is 5. The molecule has 1 saturated heterocycles. The fourth-order valence-electron chi connectivity index (χ4n) is 3.87. The van der Waals surface area contributed by atoms with E-state index in [4.69, 9.17) is 25.5 Å². The first-order valence-electron chi connectivity index (χ1n) is 10.9. The van der Waals surface area contributed by atoms with Crippen molar-refractivity contribution in [3.8, 4) is 28.7 Å². The van der Waals surface area contributed by atoms with Crippen molar-refractivity contribution in [1.29, 1.82) is 0 Å². The van der Waals surface area contributed by atoms with Gasteiger partial charge in [0.1, 0.15) is 22.8 Å². The topological polar surface area (TPSA) is 47.7 Å². The second-order valence-corrected chi connectivity index (χ2v) is 8.72.